The van der Waals surface area contributed by atoms with E-state index in [0.717, 1.165) is 78.1 Å². The van der Waals surface area contributed by atoms with Gasteiger partial charge in [0.1, 0.15) is 11.2 Å². The molecule has 12 aromatic rings. The smallest absolute Gasteiger partial charge is 0.143 e. The van der Waals surface area contributed by atoms with Gasteiger partial charge < -0.3 is 13.9 Å². The summed E-state index contributed by atoms with van der Waals surface area (Å²) in [6.45, 7) is 0. The van der Waals surface area contributed by atoms with E-state index in [1.54, 1.807) is 0 Å². The van der Waals surface area contributed by atoms with Crippen LogP contribution in [0.25, 0.3) is 93.9 Å². The van der Waals surface area contributed by atoms with Crippen LogP contribution in [0, 0.1) is 0 Å². The van der Waals surface area contributed by atoms with Gasteiger partial charge in [0.05, 0.1) is 28.1 Å². The quantitative estimate of drug-likeness (QED) is 0.153. The van der Waals surface area contributed by atoms with Crippen LogP contribution in [0.5, 0.6) is 0 Å². The first-order valence-corrected chi connectivity index (χ1v) is 21.5. The van der Waals surface area contributed by atoms with Crippen LogP contribution in [0.2, 0.25) is 0 Å². The molecule has 3 heteroatoms. The number of rotatable bonds is 8. The fourth-order valence-corrected chi connectivity index (χ4v) is 9.58. The Balaban J connectivity index is 1.09. The minimum atomic E-state index is 0.879. The zero-order valence-corrected chi connectivity index (χ0v) is 34.4. The lowest BCUT2D eigenvalue weighted by Crippen LogP contribution is -2.12. The molecule has 0 radical (unpaired) electrons. The van der Waals surface area contributed by atoms with Crippen LogP contribution < -0.4 is 4.90 Å². The summed E-state index contributed by atoms with van der Waals surface area (Å²) in [6, 6.07) is 87.1. The lowest BCUT2D eigenvalue weighted by atomic mass is 9.95. The van der Waals surface area contributed by atoms with Crippen LogP contribution >= 0.6 is 0 Å². The zero-order valence-electron chi connectivity index (χ0n) is 34.4. The third-order valence-electron chi connectivity index (χ3n) is 12.4. The minimum absolute atomic E-state index is 0.879. The maximum atomic E-state index is 6.70. The average Bonchev–Trinajstić information content (AvgIpc) is 3.91. The van der Waals surface area contributed by atoms with Gasteiger partial charge in [-0.05, 0) is 76.9 Å². The molecule has 2 heterocycles. The van der Waals surface area contributed by atoms with Crippen LogP contribution in [0.3, 0.4) is 0 Å². The first-order valence-electron chi connectivity index (χ1n) is 21.5. The zero-order chi connectivity index (χ0) is 41.7. The van der Waals surface area contributed by atoms with Crippen LogP contribution in [0.15, 0.2) is 247 Å². The third kappa shape index (κ3) is 6.21. The Morgan fingerprint density at radius 1 is 0.317 bits per heavy atom. The Labute approximate surface area is 366 Å². The molecule has 0 unspecified atom stereocenters. The Hall–Kier alpha value is -8.40. The van der Waals surface area contributed by atoms with Crippen molar-refractivity contribution in [1.82, 2.24) is 4.57 Å². The van der Waals surface area contributed by atoms with E-state index in [-0.39, 0.29) is 0 Å². The normalized spacial score (nSPS) is 11.5. The van der Waals surface area contributed by atoms with Crippen LogP contribution in [-0.2, 0) is 0 Å². The van der Waals surface area contributed by atoms with Gasteiger partial charge in [0.25, 0.3) is 0 Å². The Kier molecular flexibility index (Phi) is 8.83. The van der Waals surface area contributed by atoms with Gasteiger partial charge in [-0.25, -0.2) is 0 Å². The van der Waals surface area contributed by atoms with E-state index in [1.165, 1.54) is 32.9 Å². The van der Waals surface area contributed by atoms with Crippen molar-refractivity contribution < 1.29 is 4.42 Å². The molecule has 0 saturated heterocycles. The van der Waals surface area contributed by atoms with Crippen molar-refractivity contribution in [2.75, 3.05) is 4.90 Å². The number of aromatic nitrogens is 1. The molecule has 12 rings (SSSR count). The molecule has 3 nitrogen and oxygen atoms in total. The number of anilines is 3. The number of hydrogen-bond acceptors (Lipinski definition) is 2. The molecule has 63 heavy (non-hydrogen) atoms. The molecule has 0 fully saturated rings. The maximum Gasteiger partial charge on any atom is 0.143 e. The van der Waals surface area contributed by atoms with Crippen molar-refractivity contribution in [3.05, 3.63) is 243 Å². The monoisotopic (exact) mass is 804 g/mol. The van der Waals surface area contributed by atoms with Crippen LogP contribution in [0.1, 0.15) is 0 Å². The van der Waals surface area contributed by atoms with E-state index in [2.05, 4.69) is 246 Å². The predicted octanol–water partition coefficient (Wildman–Crippen LogP) is 16.8. The highest BCUT2D eigenvalue weighted by Gasteiger charge is 2.24. The number of benzene rings is 10. The summed E-state index contributed by atoms with van der Waals surface area (Å²) in [5, 5.41) is 4.70. The van der Waals surface area contributed by atoms with Gasteiger partial charge in [-0.3, -0.25) is 0 Å². The topological polar surface area (TPSA) is 21.3 Å². The van der Waals surface area contributed by atoms with E-state index < -0.39 is 0 Å². The van der Waals surface area contributed by atoms with Gasteiger partial charge in [-0.15, -0.1) is 0 Å². The maximum absolute atomic E-state index is 6.70. The molecule has 0 aliphatic carbocycles. The standard InChI is InChI=1S/C60H40N2O/c1-2-19-41(20-3-1)42-21-16-22-43(39-42)46-25-4-10-33-54(46)61(56-35-12-8-29-50(56)52-31-18-32-53-51-30-9-15-38-59(51)63-60(52)53)45-24-17-23-44(40-45)47-26-5-11-34-55(47)62-57-36-13-6-27-48(57)49-28-7-14-37-58(49)62/h1-40H. The summed E-state index contributed by atoms with van der Waals surface area (Å²) in [5.41, 5.74) is 17.4. The minimum Gasteiger partial charge on any atom is -0.455 e. The number of hydrogen-bond donors (Lipinski definition) is 0. The fourth-order valence-electron chi connectivity index (χ4n) is 9.58. The number of nitrogens with zero attached hydrogens (tertiary/aromatic N) is 2. The van der Waals surface area contributed by atoms with Gasteiger partial charge >= 0.3 is 0 Å². The molecule has 0 aliphatic rings. The van der Waals surface area contributed by atoms with Gasteiger partial charge in [-0.2, -0.15) is 0 Å². The van der Waals surface area contributed by atoms with Gasteiger partial charge in [0, 0.05) is 49.5 Å². The third-order valence-corrected chi connectivity index (χ3v) is 12.4. The molecule has 0 spiro atoms. The van der Waals surface area contributed by atoms with Gasteiger partial charge in [0.2, 0.25) is 0 Å². The molecule has 0 atom stereocenters. The second-order valence-corrected chi connectivity index (χ2v) is 16.0. The van der Waals surface area contributed by atoms with Crippen LogP contribution in [-0.4, -0.2) is 4.57 Å². The van der Waals surface area contributed by atoms with Crippen molar-refractivity contribution in [3.8, 4) is 50.2 Å². The summed E-state index contributed by atoms with van der Waals surface area (Å²) in [7, 11) is 0. The van der Waals surface area contributed by atoms with Gasteiger partial charge in [-0.1, -0.05) is 188 Å². The molecule has 0 saturated carbocycles. The van der Waals surface area contributed by atoms with E-state index in [9.17, 15) is 0 Å². The molecule has 10 aromatic carbocycles. The highest BCUT2D eigenvalue weighted by atomic mass is 16.3. The summed E-state index contributed by atoms with van der Waals surface area (Å²) in [6.07, 6.45) is 0. The van der Waals surface area contributed by atoms with Crippen LogP contribution in [0.4, 0.5) is 17.1 Å². The SMILES string of the molecule is c1ccc(-c2cccc(-c3ccccc3N(c3cccc(-c4ccccc4-n4c5ccccc5c5ccccc54)c3)c3ccccc3-c3cccc4c3oc3ccccc34)c2)cc1. The summed E-state index contributed by atoms with van der Waals surface area (Å²) >= 11 is 0. The van der Waals surface area contributed by atoms with Crippen molar-refractivity contribution in [2.24, 2.45) is 0 Å². The second kappa shape index (κ2) is 15.3. The molecule has 296 valence electrons. The first-order chi connectivity index (χ1) is 31.3. The highest BCUT2D eigenvalue weighted by Crippen LogP contribution is 2.48. The predicted molar refractivity (Wildman–Crippen MR) is 264 cm³/mol. The Morgan fingerprint density at radius 2 is 0.825 bits per heavy atom. The molecular weight excluding hydrogens is 765 g/mol. The van der Waals surface area contributed by atoms with Crippen molar-refractivity contribution in [2.45, 2.75) is 0 Å². The molecule has 0 bridgehead atoms. The van der Waals surface area contributed by atoms with Crippen molar-refractivity contribution in [1.29, 1.82) is 0 Å². The summed E-state index contributed by atoms with van der Waals surface area (Å²) in [5.74, 6) is 0. The second-order valence-electron chi connectivity index (χ2n) is 16.0. The van der Waals surface area contributed by atoms with Gasteiger partial charge in [0.15, 0.2) is 0 Å². The largest absolute Gasteiger partial charge is 0.455 e. The Bertz CT molecular complexity index is 3600. The summed E-state index contributed by atoms with van der Waals surface area (Å²) in [4.78, 5) is 2.44. The lowest BCUT2D eigenvalue weighted by Gasteiger charge is -2.30. The summed E-state index contributed by atoms with van der Waals surface area (Å²) < 4.78 is 9.12. The average molecular weight is 805 g/mol. The highest BCUT2D eigenvalue weighted by molar-refractivity contribution is 6.12. The number of para-hydroxylation sites is 7. The lowest BCUT2D eigenvalue weighted by molar-refractivity contribution is 0.670. The van der Waals surface area contributed by atoms with E-state index in [1.807, 2.05) is 6.07 Å². The van der Waals surface area contributed by atoms with Crippen molar-refractivity contribution in [3.63, 3.8) is 0 Å². The molecule has 0 N–H and O–H groups in total. The molecule has 0 aliphatic heterocycles. The number of furan rings is 1. The first kappa shape index (κ1) is 36.5. The number of fused-ring (bicyclic) bond motifs is 6. The molecule has 2 aromatic heterocycles. The van der Waals surface area contributed by atoms with E-state index >= 15 is 0 Å². The fraction of sp³-hybridized carbons (Fsp3) is 0. The van der Waals surface area contributed by atoms with Crippen molar-refractivity contribution >= 4 is 60.8 Å². The van der Waals surface area contributed by atoms with E-state index in [4.69, 9.17) is 4.42 Å². The molecular formula is C60H40N2O. The Morgan fingerprint density at radius 3 is 1.60 bits per heavy atom. The molecule has 0 amide bonds. The van der Waals surface area contributed by atoms with E-state index in [0.29, 0.717) is 0 Å².